The molecule has 1 aliphatic carbocycles. The Balaban J connectivity index is 1.81. The van der Waals surface area contributed by atoms with Crippen molar-refractivity contribution in [1.82, 2.24) is 5.32 Å². The molecule has 1 saturated carbocycles. The molecule has 0 atom stereocenters. The maximum atomic E-state index is 11.0. The molecule has 120 valence electrons. The number of rotatable bonds is 4. The number of aliphatic carboxylic acids is 1. The van der Waals surface area contributed by atoms with Crippen LogP contribution < -0.4 is 5.32 Å². The van der Waals surface area contributed by atoms with Crippen LogP contribution in [-0.4, -0.2) is 30.8 Å². The van der Waals surface area contributed by atoms with Gasteiger partial charge in [-0.15, -0.1) is 0 Å². The smallest absolute Gasteiger partial charge is 0.329 e. The molecule has 0 aromatic heterocycles. The molecule has 22 heavy (non-hydrogen) atoms. The van der Waals surface area contributed by atoms with Crippen molar-refractivity contribution < 1.29 is 14.6 Å². The van der Waals surface area contributed by atoms with Gasteiger partial charge in [0, 0.05) is 11.0 Å². The van der Waals surface area contributed by atoms with Crippen LogP contribution in [0.3, 0.4) is 0 Å². The number of nitrogens with one attached hydrogen (secondary N) is 1. The highest BCUT2D eigenvalue weighted by atomic mass is 79.9. The minimum atomic E-state index is -0.903. The van der Waals surface area contributed by atoms with Gasteiger partial charge in [0.2, 0.25) is 0 Å². The number of hydrogen-bond acceptors (Lipinski definition) is 3. The summed E-state index contributed by atoms with van der Waals surface area (Å²) in [7, 11) is 0. The van der Waals surface area contributed by atoms with Crippen LogP contribution in [0.2, 0.25) is 0 Å². The van der Waals surface area contributed by atoms with Crippen LogP contribution >= 0.6 is 15.9 Å². The molecule has 1 aliphatic heterocycles. The van der Waals surface area contributed by atoms with Crippen molar-refractivity contribution in [3.8, 4) is 0 Å². The van der Waals surface area contributed by atoms with Crippen LogP contribution in [0.15, 0.2) is 28.7 Å². The Labute approximate surface area is 139 Å². The zero-order chi connectivity index (χ0) is 15.6. The maximum Gasteiger partial charge on any atom is 0.329 e. The van der Waals surface area contributed by atoms with Crippen LogP contribution in [-0.2, 0) is 15.1 Å². The summed E-state index contributed by atoms with van der Waals surface area (Å²) < 4.78 is 6.95. The largest absolute Gasteiger partial charge is 0.480 e. The lowest BCUT2D eigenvalue weighted by atomic mass is 9.66. The minimum Gasteiger partial charge on any atom is -0.480 e. The number of carbonyl (C=O) groups is 1. The number of benzene rings is 1. The molecule has 2 N–H and O–H groups in total. The van der Waals surface area contributed by atoms with Gasteiger partial charge in [0.1, 0.15) is 6.61 Å². The first-order valence-corrected chi connectivity index (χ1v) is 8.66. The number of halogens is 1. The molecule has 5 heteroatoms. The Morgan fingerprint density at radius 2 is 1.86 bits per heavy atom. The number of hydrogen-bond donors (Lipinski definition) is 2. The number of carboxylic acids is 1. The van der Waals surface area contributed by atoms with E-state index in [-0.39, 0.29) is 6.61 Å². The van der Waals surface area contributed by atoms with E-state index in [1.165, 1.54) is 6.42 Å². The highest BCUT2D eigenvalue weighted by Crippen LogP contribution is 2.50. The summed E-state index contributed by atoms with van der Waals surface area (Å²) in [5.41, 5.74) is 1.04. The lowest BCUT2D eigenvalue weighted by Gasteiger charge is -2.44. The van der Waals surface area contributed by atoms with E-state index in [0.717, 1.165) is 48.8 Å². The third-order valence-electron chi connectivity index (χ3n) is 5.29. The lowest BCUT2D eigenvalue weighted by Crippen LogP contribution is -2.41. The first-order valence-electron chi connectivity index (χ1n) is 7.86. The van der Waals surface area contributed by atoms with Crippen LogP contribution in [0.1, 0.15) is 37.7 Å². The van der Waals surface area contributed by atoms with E-state index >= 15 is 0 Å². The van der Waals surface area contributed by atoms with E-state index in [9.17, 15) is 4.79 Å². The maximum absolute atomic E-state index is 11.0. The van der Waals surface area contributed by atoms with Crippen LogP contribution in [0.4, 0.5) is 0 Å². The van der Waals surface area contributed by atoms with Gasteiger partial charge in [-0.05, 0) is 61.8 Å². The van der Waals surface area contributed by atoms with Gasteiger partial charge in [-0.3, -0.25) is 0 Å². The van der Waals surface area contributed by atoms with E-state index in [1.807, 2.05) is 12.1 Å². The van der Waals surface area contributed by atoms with Crippen molar-refractivity contribution in [3.63, 3.8) is 0 Å². The van der Waals surface area contributed by atoms with Crippen LogP contribution in [0.25, 0.3) is 0 Å². The van der Waals surface area contributed by atoms with Crippen molar-refractivity contribution >= 4 is 21.9 Å². The summed E-state index contributed by atoms with van der Waals surface area (Å²) in [5.74, 6) is -0.903. The van der Waals surface area contributed by atoms with Gasteiger partial charge in [0.05, 0.1) is 5.60 Å². The monoisotopic (exact) mass is 367 g/mol. The number of ether oxygens (including phenoxy) is 1. The quantitative estimate of drug-likeness (QED) is 0.856. The Morgan fingerprint density at radius 3 is 2.41 bits per heavy atom. The first kappa shape index (κ1) is 16.0. The predicted molar refractivity (Wildman–Crippen MR) is 87.8 cm³/mol. The van der Waals surface area contributed by atoms with Gasteiger partial charge in [-0.25, -0.2) is 4.79 Å². The standard InChI is InChI=1S/C17H22BrNO3/c18-14-3-1-13(2-4-14)17(22-11-15(20)21)7-5-16(6-8-17)9-10-19-12-16/h1-4,19H,5-12H2,(H,20,21). The van der Waals surface area contributed by atoms with Gasteiger partial charge >= 0.3 is 5.97 Å². The Hall–Kier alpha value is -0.910. The fourth-order valence-corrected chi connectivity index (χ4v) is 4.14. The normalized spacial score (nSPS) is 31.5. The molecule has 0 radical (unpaired) electrons. The van der Waals surface area contributed by atoms with Crippen molar-refractivity contribution in [2.75, 3.05) is 19.7 Å². The van der Waals surface area contributed by atoms with Gasteiger partial charge < -0.3 is 15.2 Å². The SMILES string of the molecule is O=C(O)COC1(c2ccc(Br)cc2)CCC2(CCNC2)CC1. The van der Waals surface area contributed by atoms with Gasteiger partial charge in [-0.1, -0.05) is 28.1 Å². The molecule has 1 spiro atoms. The van der Waals surface area contributed by atoms with Crippen molar-refractivity contribution in [2.24, 2.45) is 5.41 Å². The summed E-state index contributed by atoms with van der Waals surface area (Å²) in [6.45, 7) is 1.95. The van der Waals surface area contributed by atoms with Crippen molar-refractivity contribution in [1.29, 1.82) is 0 Å². The molecule has 1 saturated heterocycles. The molecule has 1 aromatic carbocycles. The third kappa shape index (κ3) is 3.21. The van der Waals surface area contributed by atoms with Crippen molar-refractivity contribution in [3.05, 3.63) is 34.3 Å². The highest BCUT2D eigenvalue weighted by Gasteiger charge is 2.45. The lowest BCUT2D eigenvalue weighted by molar-refractivity contribution is -0.156. The van der Waals surface area contributed by atoms with E-state index in [2.05, 4.69) is 33.4 Å². The summed E-state index contributed by atoms with van der Waals surface area (Å²) >= 11 is 3.45. The van der Waals surface area contributed by atoms with Crippen LogP contribution in [0, 0.1) is 5.41 Å². The molecular formula is C17H22BrNO3. The summed E-state index contributed by atoms with van der Waals surface area (Å²) in [6.07, 6.45) is 5.20. The Kier molecular flexibility index (Phi) is 4.57. The summed E-state index contributed by atoms with van der Waals surface area (Å²) in [5, 5.41) is 12.5. The average Bonchev–Trinajstić information content (AvgIpc) is 2.97. The molecule has 0 bridgehead atoms. The third-order valence-corrected chi connectivity index (χ3v) is 5.82. The number of carboxylic acid groups (broad SMARTS) is 1. The topological polar surface area (TPSA) is 58.6 Å². The molecule has 2 fully saturated rings. The molecule has 0 amide bonds. The molecule has 2 aliphatic rings. The van der Waals surface area contributed by atoms with Crippen molar-refractivity contribution in [2.45, 2.75) is 37.7 Å². The second-order valence-corrected chi connectivity index (χ2v) is 7.53. The fraction of sp³-hybridized carbons (Fsp3) is 0.588. The summed E-state index contributed by atoms with van der Waals surface area (Å²) in [4.78, 5) is 11.0. The minimum absolute atomic E-state index is 0.235. The van der Waals surface area contributed by atoms with E-state index < -0.39 is 11.6 Å². The molecule has 4 nitrogen and oxygen atoms in total. The van der Waals surface area contributed by atoms with E-state index in [1.54, 1.807) is 0 Å². The molecular weight excluding hydrogens is 346 g/mol. The van der Waals surface area contributed by atoms with Gasteiger partial charge in [0.25, 0.3) is 0 Å². The summed E-state index contributed by atoms with van der Waals surface area (Å²) in [6, 6.07) is 8.11. The molecule has 3 rings (SSSR count). The second-order valence-electron chi connectivity index (χ2n) is 6.61. The molecule has 0 unspecified atom stereocenters. The van der Waals surface area contributed by atoms with E-state index in [0.29, 0.717) is 5.41 Å². The molecule has 1 heterocycles. The van der Waals surface area contributed by atoms with Gasteiger partial charge in [0.15, 0.2) is 0 Å². The Bertz CT molecular complexity index is 527. The zero-order valence-corrected chi connectivity index (χ0v) is 14.2. The first-order chi connectivity index (χ1) is 10.5. The van der Waals surface area contributed by atoms with Gasteiger partial charge in [-0.2, -0.15) is 0 Å². The molecule has 1 aromatic rings. The Morgan fingerprint density at radius 1 is 1.18 bits per heavy atom. The van der Waals surface area contributed by atoms with E-state index in [4.69, 9.17) is 9.84 Å². The highest BCUT2D eigenvalue weighted by molar-refractivity contribution is 9.10. The van der Waals surface area contributed by atoms with Crippen LogP contribution in [0.5, 0.6) is 0 Å². The zero-order valence-electron chi connectivity index (χ0n) is 12.6. The predicted octanol–water partition coefficient (Wildman–Crippen LogP) is 3.30. The second kappa shape index (κ2) is 6.30. The fourth-order valence-electron chi connectivity index (χ4n) is 3.88. The average molecular weight is 368 g/mol.